The Bertz CT molecular complexity index is 74.9. The Kier molecular flexibility index (Phi) is 1.86. The van der Waals surface area contributed by atoms with Crippen LogP contribution in [0.25, 0.3) is 0 Å². The van der Waals surface area contributed by atoms with Crippen LogP contribution in [0.4, 0.5) is 0 Å². The average molecular weight is 115 g/mol. The fourth-order valence-electron chi connectivity index (χ4n) is 1.09. The molecule has 0 amide bonds. The minimum Gasteiger partial charge on any atom is -0.377 e. The summed E-state index contributed by atoms with van der Waals surface area (Å²) >= 11 is 0. The number of hydrogen-bond donors (Lipinski definition) is 1. The molecule has 0 radical (unpaired) electrons. The fourth-order valence-corrected chi connectivity index (χ4v) is 1.09. The molecule has 2 N–H and O–H groups in total. The number of ether oxygens (including phenoxy) is 1. The summed E-state index contributed by atoms with van der Waals surface area (Å²) in [6.45, 7) is 2.97. The van der Waals surface area contributed by atoms with Gasteiger partial charge < -0.3 is 10.5 Å². The van der Waals surface area contributed by atoms with Gasteiger partial charge in [-0.1, -0.05) is 6.92 Å². The van der Waals surface area contributed by atoms with E-state index in [2.05, 4.69) is 6.92 Å². The van der Waals surface area contributed by atoms with E-state index in [4.69, 9.17) is 10.5 Å². The van der Waals surface area contributed by atoms with Crippen molar-refractivity contribution in [1.29, 1.82) is 0 Å². The summed E-state index contributed by atoms with van der Waals surface area (Å²) in [7, 11) is 0. The first kappa shape index (κ1) is 6.05. The third-order valence-corrected chi connectivity index (χ3v) is 1.66. The summed E-state index contributed by atoms with van der Waals surface area (Å²) in [6.07, 6.45) is 2.44. The van der Waals surface area contributed by atoms with E-state index in [1.54, 1.807) is 0 Å². The van der Waals surface area contributed by atoms with Gasteiger partial charge in [0.05, 0.1) is 6.10 Å². The standard InChI is InChI=1S/C6H13NO/c1-2-6-5(7)3-4-8-6/h5-6H,2-4,7H2,1H3/t5-,6+/m1/s1. The lowest BCUT2D eigenvalue weighted by molar-refractivity contribution is 0.101. The number of nitrogens with two attached hydrogens (primary N) is 1. The van der Waals surface area contributed by atoms with Crippen molar-refractivity contribution in [2.75, 3.05) is 6.61 Å². The van der Waals surface area contributed by atoms with Gasteiger partial charge in [0.15, 0.2) is 0 Å². The van der Waals surface area contributed by atoms with Crippen LogP contribution in [0.3, 0.4) is 0 Å². The van der Waals surface area contributed by atoms with Crippen molar-refractivity contribution in [3.8, 4) is 0 Å². The average Bonchev–Trinajstić information content (AvgIpc) is 2.14. The molecule has 0 spiro atoms. The Morgan fingerprint density at radius 2 is 2.50 bits per heavy atom. The highest BCUT2D eigenvalue weighted by Crippen LogP contribution is 2.13. The molecule has 2 nitrogen and oxygen atoms in total. The lowest BCUT2D eigenvalue weighted by atomic mass is 10.1. The van der Waals surface area contributed by atoms with Crippen LogP contribution in [-0.2, 0) is 4.74 Å². The Balaban J connectivity index is 2.30. The van der Waals surface area contributed by atoms with E-state index in [9.17, 15) is 0 Å². The molecule has 1 saturated heterocycles. The molecule has 2 heteroatoms. The first-order chi connectivity index (χ1) is 3.84. The predicted molar refractivity (Wildman–Crippen MR) is 32.6 cm³/mol. The Hall–Kier alpha value is -0.0800. The molecule has 48 valence electrons. The summed E-state index contributed by atoms with van der Waals surface area (Å²) in [4.78, 5) is 0. The van der Waals surface area contributed by atoms with E-state index in [-0.39, 0.29) is 0 Å². The summed E-state index contributed by atoms with van der Waals surface area (Å²) in [5, 5.41) is 0. The molecule has 0 aliphatic carbocycles. The highest BCUT2D eigenvalue weighted by Gasteiger charge is 2.21. The minimum atomic E-state index is 0.306. The van der Waals surface area contributed by atoms with Gasteiger partial charge in [-0.25, -0.2) is 0 Å². The van der Waals surface area contributed by atoms with E-state index in [1.165, 1.54) is 0 Å². The van der Waals surface area contributed by atoms with Crippen molar-refractivity contribution in [2.45, 2.75) is 31.9 Å². The van der Waals surface area contributed by atoms with Crippen molar-refractivity contribution >= 4 is 0 Å². The smallest absolute Gasteiger partial charge is 0.0724 e. The topological polar surface area (TPSA) is 35.2 Å². The van der Waals surface area contributed by atoms with Crippen molar-refractivity contribution in [3.05, 3.63) is 0 Å². The van der Waals surface area contributed by atoms with Gasteiger partial charge in [0.1, 0.15) is 0 Å². The van der Waals surface area contributed by atoms with Crippen LogP contribution in [0.1, 0.15) is 19.8 Å². The van der Waals surface area contributed by atoms with Gasteiger partial charge in [-0.15, -0.1) is 0 Å². The molecule has 1 rings (SSSR count). The second-order valence-electron chi connectivity index (χ2n) is 2.27. The van der Waals surface area contributed by atoms with Crippen LogP contribution in [0, 0.1) is 0 Å². The molecule has 0 aromatic heterocycles. The van der Waals surface area contributed by atoms with Gasteiger partial charge in [0.2, 0.25) is 0 Å². The zero-order chi connectivity index (χ0) is 5.98. The first-order valence-electron chi connectivity index (χ1n) is 3.21. The Morgan fingerprint density at radius 1 is 1.75 bits per heavy atom. The molecule has 8 heavy (non-hydrogen) atoms. The van der Waals surface area contributed by atoms with E-state index in [0.29, 0.717) is 12.1 Å². The van der Waals surface area contributed by atoms with Crippen LogP contribution in [0.5, 0.6) is 0 Å². The molecular weight excluding hydrogens is 102 g/mol. The molecule has 1 aliphatic heterocycles. The maximum atomic E-state index is 5.66. The molecule has 1 aliphatic rings. The lowest BCUT2D eigenvalue weighted by Crippen LogP contribution is -2.29. The highest BCUT2D eigenvalue weighted by atomic mass is 16.5. The summed E-state index contributed by atoms with van der Waals surface area (Å²) < 4.78 is 5.29. The van der Waals surface area contributed by atoms with Crippen molar-refractivity contribution in [3.63, 3.8) is 0 Å². The summed E-state index contributed by atoms with van der Waals surface area (Å²) in [5.74, 6) is 0. The molecule has 2 atom stereocenters. The molecule has 0 aromatic carbocycles. The molecule has 0 saturated carbocycles. The molecule has 1 heterocycles. The van der Waals surface area contributed by atoms with Crippen LogP contribution < -0.4 is 5.73 Å². The Morgan fingerprint density at radius 3 is 2.75 bits per heavy atom. The third-order valence-electron chi connectivity index (χ3n) is 1.66. The van der Waals surface area contributed by atoms with Gasteiger partial charge in [0, 0.05) is 12.6 Å². The van der Waals surface area contributed by atoms with E-state index in [1.807, 2.05) is 0 Å². The molecule has 0 aromatic rings. The van der Waals surface area contributed by atoms with Crippen LogP contribution in [0.15, 0.2) is 0 Å². The second-order valence-corrected chi connectivity index (χ2v) is 2.27. The molecule has 0 bridgehead atoms. The maximum absolute atomic E-state index is 5.66. The monoisotopic (exact) mass is 115 g/mol. The van der Waals surface area contributed by atoms with Gasteiger partial charge >= 0.3 is 0 Å². The SMILES string of the molecule is CC[C@@H]1OCC[C@H]1N. The number of hydrogen-bond acceptors (Lipinski definition) is 2. The van der Waals surface area contributed by atoms with E-state index < -0.39 is 0 Å². The molecule has 0 unspecified atom stereocenters. The Labute approximate surface area is 50.0 Å². The zero-order valence-corrected chi connectivity index (χ0v) is 5.26. The van der Waals surface area contributed by atoms with Crippen molar-refractivity contribution < 1.29 is 4.74 Å². The second kappa shape index (κ2) is 2.46. The van der Waals surface area contributed by atoms with Gasteiger partial charge in [-0.05, 0) is 12.8 Å². The largest absolute Gasteiger partial charge is 0.377 e. The van der Waals surface area contributed by atoms with Crippen molar-refractivity contribution in [2.24, 2.45) is 5.73 Å². The zero-order valence-electron chi connectivity index (χ0n) is 5.26. The predicted octanol–water partition coefficient (Wildman–Crippen LogP) is 0.513. The quantitative estimate of drug-likeness (QED) is 0.540. The normalized spacial score (nSPS) is 38.2. The fraction of sp³-hybridized carbons (Fsp3) is 1.00. The first-order valence-corrected chi connectivity index (χ1v) is 3.21. The third kappa shape index (κ3) is 1.01. The minimum absolute atomic E-state index is 0.306. The molecular formula is C6H13NO. The maximum Gasteiger partial charge on any atom is 0.0724 e. The van der Waals surface area contributed by atoms with E-state index >= 15 is 0 Å². The van der Waals surface area contributed by atoms with Crippen LogP contribution in [0.2, 0.25) is 0 Å². The highest BCUT2D eigenvalue weighted by molar-refractivity contribution is 4.77. The van der Waals surface area contributed by atoms with Gasteiger partial charge in [-0.3, -0.25) is 0 Å². The van der Waals surface area contributed by atoms with Crippen molar-refractivity contribution in [1.82, 2.24) is 0 Å². The lowest BCUT2D eigenvalue weighted by Gasteiger charge is -2.09. The van der Waals surface area contributed by atoms with Gasteiger partial charge in [0.25, 0.3) is 0 Å². The number of rotatable bonds is 1. The summed E-state index contributed by atoms with van der Waals surface area (Å²) in [5.41, 5.74) is 5.66. The molecule has 1 fully saturated rings. The van der Waals surface area contributed by atoms with E-state index in [0.717, 1.165) is 19.4 Å². The summed E-state index contributed by atoms with van der Waals surface area (Å²) in [6, 6.07) is 0.306. The van der Waals surface area contributed by atoms with Crippen LogP contribution in [-0.4, -0.2) is 18.8 Å². The van der Waals surface area contributed by atoms with Gasteiger partial charge in [-0.2, -0.15) is 0 Å². The van der Waals surface area contributed by atoms with Crippen LogP contribution >= 0.6 is 0 Å².